The normalized spacial score (nSPS) is 44.4. The number of hydrogen-bond donors (Lipinski definition) is 3. The molecule has 3 aliphatic carbocycles. The third-order valence-electron chi connectivity index (χ3n) is 10.1. The molecule has 1 unspecified atom stereocenters. The SMILES string of the molecule is CNC(=O)C1=NC=C[N+]1(C)NC(=O)C[C@H]1CC[C@H]2[C@@H]3CC[C@H]4NC(=O)C=C[C@]4(C)[C@H]3CC[C@]12C. The van der Waals surface area contributed by atoms with Gasteiger partial charge in [-0.15, -0.1) is 4.59 Å². The van der Waals surface area contributed by atoms with Gasteiger partial charge in [-0.25, -0.2) is 0 Å². The van der Waals surface area contributed by atoms with Crippen molar-refractivity contribution in [2.45, 2.75) is 64.8 Å². The van der Waals surface area contributed by atoms with Crippen LogP contribution in [0.4, 0.5) is 0 Å². The molecule has 0 aromatic heterocycles. The van der Waals surface area contributed by atoms with Crippen LogP contribution >= 0.6 is 0 Å². The van der Waals surface area contributed by atoms with Crippen molar-refractivity contribution in [2.75, 3.05) is 14.1 Å². The zero-order chi connectivity index (χ0) is 24.3. The number of nitrogens with one attached hydrogen (secondary N) is 3. The van der Waals surface area contributed by atoms with Crippen molar-refractivity contribution >= 4 is 23.6 Å². The fourth-order valence-corrected chi connectivity index (χ4v) is 8.21. The summed E-state index contributed by atoms with van der Waals surface area (Å²) in [4.78, 5) is 41.5. The first-order valence-electron chi connectivity index (χ1n) is 12.8. The minimum Gasteiger partial charge on any atom is -0.349 e. The third kappa shape index (κ3) is 3.44. The van der Waals surface area contributed by atoms with E-state index in [1.54, 1.807) is 32.6 Å². The highest BCUT2D eigenvalue weighted by Crippen LogP contribution is 2.65. The Hall–Kier alpha value is -2.48. The fraction of sp³-hybridized carbons (Fsp3) is 0.692. The standard InChI is InChI=1S/C26H37N5O3/c1-25-11-9-19-17(6-8-20-26(19,2)12-10-21(32)29-20)18(25)7-5-16(25)15-22(33)30-31(4)14-13-28-23(31)24(34)27-3/h10,12-14,16-20H,5-9,11,15H2,1-4H3,(H2-,27,29,30,32,33,34)/p+1/t16-,17+,18+,19+,20-,25-,26-,31?/m1/s1. The van der Waals surface area contributed by atoms with E-state index in [2.05, 4.69) is 41.0 Å². The van der Waals surface area contributed by atoms with Crippen LogP contribution in [-0.4, -0.2) is 48.3 Å². The molecule has 5 aliphatic rings. The highest BCUT2D eigenvalue weighted by atomic mass is 16.2. The predicted molar refractivity (Wildman–Crippen MR) is 129 cm³/mol. The van der Waals surface area contributed by atoms with Gasteiger partial charge in [0.2, 0.25) is 5.91 Å². The maximum atomic E-state index is 13.2. The lowest BCUT2D eigenvalue weighted by Gasteiger charge is -2.59. The molecule has 8 atom stereocenters. The van der Waals surface area contributed by atoms with Crippen LogP contribution in [0.5, 0.6) is 0 Å². The molecular weight excluding hydrogens is 430 g/mol. The number of quaternary nitrogens is 1. The molecule has 0 aromatic rings. The van der Waals surface area contributed by atoms with Crippen molar-refractivity contribution in [3.63, 3.8) is 0 Å². The first kappa shape index (κ1) is 23.3. The molecule has 2 aliphatic heterocycles. The minimum atomic E-state index is -0.295. The molecule has 8 nitrogen and oxygen atoms in total. The van der Waals surface area contributed by atoms with E-state index in [9.17, 15) is 14.4 Å². The number of amides is 3. The lowest BCUT2D eigenvalue weighted by Crippen LogP contribution is -2.60. The van der Waals surface area contributed by atoms with Gasteiger partial charge in [-0.3, -0.25) is 14.4 Å². The summed E-state index contributed by atoms with van der Waals surface area (Å²) >= 11 is 0. The van der Waals surface area contributed by atoms with Crippen molar-refractivity contribution in [1.29, 1.82) is 0 Å². The number of hydrogen-bond acceptors (Lipinski definition) is 4. The minimum absolute atomic E-state index is 0.0318. The number of nitrogens with zero attached hydrogens (tertiary/aromatic N) is 2. The van der Waals surface area contributed by atoms with E-state index in [1.165, 1.54) is 6.42 Å². The maximum Gasteiger partial charge on any atom is 0.328 e. The topological polar surface area (TPSA) is 99.7 Å². The molecule has 34 heavy (non-hydrogen) atoms. The smallest absolute Gasteiger partial charge is 0.328 e. The van der Waals surface area contributed by atoms with Crippen LogP contribution in [0.15, 0.2) is 29.5 Å². The van der Waals surface area contributed by atoms with E-state index in [0.717, 1.165) is 32.1 Å². The number of likely N-dealkylation sites (N-methyl/N-ethyl adjacent to an activating group) is 2. The molecule has 0 saturated heterocycles. The van der Waals surface area contributed by atoms with E-state index in [-0.39, 0.29) is 45.0 Å². The summed E-state index contributed by atoms with van der Waals surface area (Å²) in [6.45, 7) is 4.75. The van der Waals surface area contributed by atoms with Crippen molar-refractivity contribution in [3.05, 3.63) is 24.6 Å². The Morgan fingerprint density at radius 3 is 2.74 bits per heavy atom. The number of aliphatic imine (C=N–C) groups is 1. The van der Waals surface area contributed by atoms with Gasteiger partial charge in [0.1, 0.15) is 13.2 Å². The van der Waals surface area contributed by atoms with Crippen molar-refractivity contribution in [3.8, 4) is 0 Å². The Kier molecular flexibility index (Phi) is 5.50. The van der Waals surface area contributed by atoms with Gasteiger partial charge < -0.3 is 10.6 Å². The molecule has 2 heterocycles. The summed E-state index contributed by atoms with van der Waals surface area (Å²) in [7, 11) is 3.34. The number of fused-ring (bicyclic) bond motifs is 5. The van der Waals surface area contributed by atoms with Crippen LogP contribution in [0, 0.1) is 34.5 Å². The number of carbonyl (C=O) groups excluding carboxylic acids is 3. The van der Waals surface area contributed by atoms with Crippen LogP contribution in [0.3, 0.4) is 0 Å². The first-order chi connectivity index (χ1) is 16.1. The number of amidine groups is 1. The zero-order valence-electron chi connectivity index (χ0n) is 20.8. The number of carbonyl (C=O) groups is 3. The molecule has 0 radical (unpaired) electrons. The van der Waals surface area contributed by atoms with E-state index in [4.69, 9.17) is 0 Å². The van der Waals surface area contributed by atoms with Gasteiger partial charge >= 0.3 is 11.7 Å². The zero-order valence-corrected chi connectivity index (χ0v) is 20.8. The highest BCUT2D eigenvalue weighted by molar-refractivity contribution is 6.35. The summed E-state index contributed by atoms with van der Waals surface area (Å²) in [5.74, 6) is 2.16. The van der Waals surface area contributed by atoms with Gasteiger partial charge in [-0.2, -0.15) is 10.4 Å². The Balaban J connectivity index is 1.29. The molecule has 3 N–H and O–H groups in total. The van der Waals surface area contributed by atoms with Gasteiger partial charge in [-0.1, -0.05) is 19.9 Å². The molecule has 3 amide bonds. The summed E-state index contributed by atoms with van der Waals surface area (Å²) in [5, 5.41) is 5.82. The number of rotatable bonds is 4. The average Bonchev–Trinajstić information content (AvgIpc) is 3.33. The largest absolute Gasteiger partial charge is 0.349 e. The molecule has 184 valence electrons. The van der Waals surface area contributed by atoms with E-state index < -0.39 is 0 Å². The predicted octanol–water partition coefficient (Wildman–Crippen LogP) is 2.40. The lowest BCUT2D eigenvalue weighted by atomic mass is 9.48. The van der Waals surface area contributed by atoms with Crippen molar-refractivity contribution < 1.29 is 19.0 Å². The molecule has 3 saturated carbocycles. The molecule has 0 aromatic carbocycles. The Labute approximate surface area is 201 Å². The molecule has 8 heteroatoms. The molecular formula is C26H38N5O3+. The van der Waals surface area contributed by atoms with Gasteiger partial charge in [0.25, 0.3) is 5.91 Å². The Bertz CT molecular complexity index is 1000. The molecule has 0 bridgehead atoms. The Morgan fingerprint density at radius 2 is 1.97 bits per heavy atom. The third-order valence-corrected chi connectivity index (χ3v) is 10.1. The quantitative estimate of drug-likeness (QED) is 0.553. The monoisotopic (exact) mass is 468 g/mol. The summed E-state index contributed by atoms with van der Waals surface area (Å²) in [6, 6.07) is 0.243. The fourth-order valence-electron chi connectivity index (χ4n) is 8.21. The van der Waals surface area contributed by atoms with Gasteiger partial charge in [0.05, 0.1) is 6.20 Å². The van der Waals surface area contributed by atoms with Crippen LogP contribution in [-0.2, 0) is 14.4 Å². The molecule has 5 rings (SSSR count). The Morgan fingerprint density at radius 1 is 1.18 bits per heavy atom. The lowest BCUT2D eigenvalue weighted by molar-refractivity contribution is -0.801. The summed E-state index contributed by atoms with van der Waals surface area (Å²) in [5.41, 5.74) is 3.22. The second-order valence-corrected chi connectivity index (χ2v) is 11.7. The van der Waals surface area contributed by atoms with Gasteiger partial charge in [0.15, 0.2) is 0 Å². The van der Waals surface area contributed by atoms with Gasteiger partial charge in [0, 0.05) is 24.9 Å². The molecule has 3 fully saturated rings. The van der Waals surface area contributed by atoms with E-state index >= 15 is 0 Å². The highest BCUT2D eigenvalue weighted by Gasteiger charge is 2.59. The maximum absolute atomic E-state index is 13.2. The van der Waals surface area contributed by atoms with E-state index in [0.29, 0.717) is 30.1 Å². The van der Waals surface area contributed by atoms with Crippen LogP contribution in [0.1, 0.15) is 58.8 Å². The van der Waals surface area contributed by atoms with Crippen molar-refractivity contribution in [1.82, 2.24) is 16.1 Å². The van der Waals surface area contributed by atoms with Gasteiger partial charge in [-0.05, 0) is 73.7 Å². The molecule has 0 spiro atoms. The average molecular weight is 469 g/mol. The first-order valence-corrected chi connectivity index (χ1v) is 12.8. The summed E-state index contributed by atoms with van der Waals surface area (Å²) < 4.78 is -0.103. The van der Waals surface area contributed by atoms with Crippen molar-refractivity contribution in [2.24, 2.45) is 39.5 Å². The van der Waals surface area contributed by atoms with Crippen LogP contribution in [0.25, 0.3) is 0 Å². The second-order valence-electron chi connectivity index (χ2n) is 11.7. The second kappa shape index (κ2) is 8.04. The van der Waals surface area contributed by atoms with Crippen LogP contribution in [0.2, 0.25) is 0 Å². The van der Waals surface area contributed by atoms with E-state index in [1.807, 2.05) is 0 Å². The summed E-state index contributed by atoms with van der Waals surface area (Å²) in [6.07, 6.45) is 14.4. The van der Waals surface area contributed by atoms with Crippen LogP contribution < -0.4 is 16.1 Å².